The van der Waals surface area contributed by atoms with Crippen molar-refractivity contribution in [3.05, 3.63) is 285 Å². The van der Waals surface area contributed by atoms with E-state index in [4.69, 9.17) is 0 Å². The summed E-state index contributed by atoms with van der Waals surface area (Å²) in [5.74, 6) is -1.79. The molecule has 0 radical (unpaired) electrons. The molecule has 10 nitrogen and oxygen atoms in total. The van der Waals surface area contributed by atoms with Crippen LogP contribution in [0.25, 0.3) is 121 Å². The highest BCUT2D eigenvalue weighted by Crippen LogP contribution is 2.49. The van der Waals surface area contributed by atoms with Gasteiger partial charge in [0.15, 0.2) is 0 Å². The summed E-state index contributed by atoms with van der Waals surface area (Å²) in [5, 5.41) is 8.80. The number of fused-ring (bicyclic) bond motifs is 14. The summed E-state index contributed by atoms with van der Waals surface area (Å²) in [6, 6.07) is 77.3. The third-order valence-electron chi connectivity index (χ3n) is 25.5. The number of rotatable bonds is 7. The molecule has 18 rings (SSSR count). The number of anilines is 2. The molecule has 594 valence electrons. The van der Waals surface area contributed by atoms with Crippen LogP contribution in [0.15, 0.2) is 218 Å². The summed E-state index contributed by atoms with van der Waals surface area (Å²) in [4.78, 5) is 66.5. The number of amides is 4. The normalized spacial score (nSPS) is 14.3. The highest BCUT2D eigenvalue weighted by Gasteiger charge is 2.42. The predicted octanol–water partition coefficient (Wildman–Crippen LogP) is 27.7. The highest BCUT2D eigenvalue weighted by atomic mass is 16.2. The van der Waals surface area contributed by atoms with Gasteiger partial charge >= 0.3 is 0 Å². The van der Waals surface area contributed by atoms with Crippen LogP contribution in [0.5, 0.6) is 0 Å². The van der Waals surface area contributed by atoms with Crippen LogP contribution in [-0.2, 0) is 43.3 Å². The monoisotopic (exact) mass is 1550 g/mol. The van der Waals surface area contributed by atoms with Crippen molar-refractivity contribution in [2.75, 3.05) is 9.80 Å². The molecule has 6 heterocycles. The second-order valence-corrected chi connectivity index (χ2v) is 42.0. The lowest BCUT2D eigenvalue weighted by atomic mass is 9.85. The topological polar surface area (TPSA) is 94.5 Å². The zero-order chi connectivity index (χ0) is 84.0. The maximum Gasteiger partial charge on any atom is 0.266 e. The van der Waals surface area contributed by atoms with Crippen molar-refractivity contribution in [1.29, 1.82) is 0 Å². The standard InChI is InChI=1S/C108H108N6O4/c1-101(2,3)63-31-39-85-73(49-63)74-50-64(102(4,5)6)32-40-86(74)111(85)93-57-81-82(58-94(93)112-87-41-33-65(103(7,8)9)51-75(87)76-52-66(104(10,11)12)34-42-88(76)112)98(116)109(97(81)115)71-29-25-27-61(47-71)62-28-26-30-72(48-62)110-99(117)83-59-95(113-89-43-35-67(105(13,14)15)53-77(89)78-54-68(106(16,17)18)36-44-90(78)113)96(60-84(83)100(110)118)114-91-45-37-69(107(19,20)21)55-79(91)80-56-70(108(22,23)24)38-46-92(80)114/h25-60H,1-24H3. The summed E-state index contributed by atoms with van der Waals surface area (Å²) in [6.07, 6.45) is 0. The van der Waals surface area contributed by atoms with Crippen LogP contribution in [0.2, 0.25) is 0 Å². The van der Waals surface area contributed by atoms with Gasteiger partial charge in [0.05, 0.1) is 101 Å². The number of nitrogens with zero attached hydrogens (tertiary/aromatic N) is 6. The van der Waals surface area contributed by atoms with E-state index in [0.29, 0.717) is 22.5 Å². The minimum Gasteiger partial charge on any atom is -0.307 e. The number of carbonyl (C=O) groups excluding carboxylic acids is 4. The third-order valence-corrected chi connectivity index (χ3v) is 25.5. The Balaban J connectivity index is 0.787. The van der Waals surface area contributed by atoms with Crippen LogP contribution in [0.4, 0.5) is 11.4 Å². The predicted molar refractivity (Wildman–Crippen MR) is 494 cm³/mol. The van der Waals surface area contributed by atoms with Crippen LogP contribution in [0, 0.1) is 0 Å². The van der Waals surface area contributed by atoms with Crippen molar-refractivity contribution >= 4 is 122 Å². The summed E-state index contributed by atoms with van der Waals surface area (Å²) < 4.78 is 9.26. The molecule has 0 saturated heterocycles. The summed E-state index contributed by atoms with van der Waals surface area (Å²) in [5.41, 5.74) is 22.6. The fourth-order valence-electron chi connectivity index (χ4n) is 18.2. The van der Waals surface area contributed by atoms with Gasteiger partial charge in [-0.05, 0) is 245 Å². The van der Waals surface area contributed by atoms with E-state index in [1.165, 1.54) is 54.3 Å². The van der Waals surface area contributed by atoms with Gasteiger partial charge < -0.3 is 18.3 Å². The van der Waals surface area contributed by atoms with Gasteiger partial charge in [0.25, 0.3) is 23.6 Å². The van der Waals surface area contributed by atoms with E-state index in [9.17, 15) is 0 Å². The molecular formula is C108H108N6O4. The Bertz CT molecular complexity index is 6010. The van der Waals surface area contributed by atoms with E-state index in [1.807, 2.05) is 72.8 Å². The van der Waals surface area contributed by atoms with Gasteiger partial charge in [-0.1, -0.05) is 239 Å². The van der Waals surface area contributed by atoms with Crippen molar-refractivity contribution in [2.45, 2.75) is 209 Å². The molecule has 10 heteroatoms. The molecular weight excluding hydrogens is 1450 g/mol. The molecule has 0 atom stereocenters. The van der Waals surface area contributed by atoms with Gasteiger partial charge in [0.2, 0.25) is 0 Å². The van der Waals surface area contributed by atoms with Crippen LogP contribution in [-0.4, -0.2) is 41.9 Å². The molecule has 0 bridgehead atoms. The number of imide groups is 2. The Hall–Kier alpha value is -11.9. The molecule has 0 aliphatic carbocycles. The van der Waals surface area contributed by atoms with Crippen LogP contribution in [0.3, 0.4) is 0 Å². The Morgan fingerprint density at radius 3 is 0.500 bits per heavy atom. The number of hydrogen-bond donors (Lipinski definition) is 0. The maximum absolute atomic E-state index is 16.0. The van der Waals surface area contributed by atoms with Gasteiger partial charge in [0.1, 0.15) is 0 Å². The molecule has 2 aliphatic heterocycles. The number of benzene rings is 12. The molecule has 0 unspecified atom stereocenters. The first-order valence-electron chi connectivity index (χ1n) is 41.9. The van der Waals surface area contributed by atoms with Gasteiger partial charge in [-0.2, -0.15) is 0 Å². The largest absolute Gasteiger partial charge is 0.307 e. The van der Waals surface area contributed by atoms with E-state index in [0.717, 1.165) is 110 Å². The van der Waals surface area contributed by atoms with Crippen molar-refractivity contribution in [2.24, 2.45) is 0 Å². The number of aromatic nitrogens is 4. The average Bonchev–Trinajstić information content (AvgIpc) is 1.55. The average molecular weight is 1550 g/mol. The molecule has 4 amide bonds. The minimum atomic E-state index is -0.448. The molecule has 0 saturated carbocycles. The molecule has 4 aromatic heterocycles. The van der Waals surface area contributed by atoms with E-state index in [2.05, 4.69) is 330 Å². The lowest BCUT2D eigenvalue weighted by molar-refractivity contribution is 0.0910. The van der Waals surface area contributed by atoms with E-state index in [1.54, 1.807) is 0 Å². The summed E-state index contributed by atoms with van der Waals surface area (Å²) >= 11 is 0. The SMILES string of the molecule is CC(C)(C)c1ccc2c(c1)c1cc(C(C)(C)C)ccc1n2-c1cc2c(cc1-n1c3ccc(C(C)(C)C)cc3c3cc(C(C)(C)C)ccc31)C(=O)N(c1cccc(-c3cccc(N4C(=O)c5cc(-n6c7ccc(C(C)(C)C)cc7c7cc(C(C)(C)C)ccc76)c(-n6c7ccc(C(C)(C)C)cc7c7cc(C(C)(C)C)ccc76)cc5C4=O)c3)c1)C2=O. The smallest absolute Gasteiger partial charge is 0.266 e. The number of hydrogen-bond acceptors (Lipinski definition) is 4. The molecule has 12 aromatic carbocycles. The lowest BCUT2D eigenvalue weighted by Gasteiger charge is -2.21. The van der Waals surface area contributed by atoms with Crippen molar-refractivity contribution in [1.82, 2.24) is 18.3 Å². The molecule has 0 spiro atoms. The first-order valence-corrected chi connectivity index (χ1v) is 41.9. The van der Waals surface area contributed by atoms with E-state index >= 15 is 19.2 Å². The van der Waals surface area contributed by atoms with Crippen LogP contribution < -0.4 is 9.80 Å². The van der Waals surface area contributed by atoms with Crippen molar-refractivity contribution < 1.29 is 19.2 Å². The van der Waals surface area contributed by atoms with Crippen LogP contribution in [0.1, 0.15) is 252 Å². The molecule has 0 N–H and O–H groups in total. The van der Waals surface area contributed by atoms with E-state index < -0.39 is 23.6 Å². The fourth-order valence-corrected chi connectivity index (χ4v) is 18.2. The number of carbonyl (C=O) groups is 4. The molecule has 118 heavy (non-hydrogen) atoms. The zero-order valence-electron chi connectivity index (χ0n) is 73.1. The lowest BCUT2D eigenvalue weighted by Crippen LogP contribution is -2.29. The minimum absolute atomic E-state index is 0.146. The Morgan fingerprint density at radius 1 is 0.186 bits per heavy atom. The zero-order valence-corrected chi connectivity index (χ0v) is 73.1. The second kappa shape index (κ2) is 25.8. The Labute approximate surface area is 693 Å². The Kier molecular flexibility index (Phi) is 16.9. The van der Waals surface area contributed by atoms with Gasteiger partial charge in [-0.25, -0.2) is 9.80 Å². The van der Waals surface area contributed by atoms with Crippen molar-refractivity contribution in [3.63, 3.8) is 0 Å². The van der Waals surface area contributed by atoms with Gasteiger partial charge in [0, 0.05) is 43.1 Å². The quantitative estimate of drug-likeness (QED) is 0.149. The summed E-state index contributed by atoms with van der Waals surface area (Å²) in [7, 11) is 0. The van der Waals surface area contributed by atoms with Gasteiger partial charge in [-0.3, -0.25) is 19.2 Å². The first-order chi connectivity index (χ1) is 55.2. The first kappa shape index (κ1) is 77.4. The Morgan fingerprint density at radius 2 is 0.347 bits per heavy atom. The molecule has 2 aliphatic rings. The molecule has 16 aromatic rings. The second-order valence-electron chi connectivity index (χ2n) is 42.0. The van der Waals surface area contributed by atoms with E-state index in [-0.39, 0.29) is 65.6 Å². The van der Waals surface area contributed by atoms with Crippen molar-refractivity contribution in [3.8, 4) is 33.9 Å². The third kappa shape index (κ3) is 12.3. The maximum atomic E-state index is 16.0. The van der Waals surface area contributed by atoms with Crippen LogP contribution >= 0.6 is 0 Å². The molecule has 0 fully saturated rings. The summed E-state index contributed by atoms with van der Waals surface area (Å²) in [6.45, 7) is 54.0. The highest BCUT2D eigenvalue weighted by molar-refractivity contribution is 6.36. The van der Waals surface area contributed by atoms with Gasteiger partial charge in [-0.15, -0.1) is 0 Å². The fraction of sp³-hybridized carbons (Fsp3) is 0.296.